The Morgan fingerprint density at radius 3 is 2.60 bits per heavy atom. The maximum atomic E-state index is 11.2. The number of hydrogen-bond acceptors (Lipinski definition) is 3. The van der Waals surface area contributed by atoms with E-state index in [9.17, 15) is 9.59 Å². The number of nitrogens with one attached hydrogen (secondary N) is 2. The van der Waals surface area contributed by atoms with Crippen molar-refractivity contribution in [1.82, 2.24) is 10.6 Å². The third-order valence-electron chi connectivity index (χ3n) is 1.77. The summed E-state index contributed by atoms with van der Waals surface area (Å²) in [7, 11) is 0. The number of carbonyl (C=O) groups excluding carboxylic acids is 1. The molecule has 0 saturated carbocycles. The van der Waals surface area contributed by atoms with Gasteiger partial charge in [0.2, 0.25) is 0 Å². The molecule has 15 heavy (non-hydrogen) atoms. The number of aliphatic carboxylic acids is 1. The van der Waals surface area contributed by atoms with Gasteiger partial charge in [-0.05, 0) is 12.7 Å². The first-order chi connectivity index (χ1) is 7.11. The molecule has 88 valence electrons. The lowest BCUT2D eigenvalue weighted by Gasteiger charge is -2.13. The van der Waals surface area contributed by atoms with Gasteiger partial charge in [-0.3, -0.25) is 0 Å². The third-order valence-corrected chi connectivity index (χ3v) is 2.38. The number of urea groups is 1. The molecule has 0 aliphatic carbocycles. The average molecular weight is 234 g/mol. The van der Waals surface area contributed by atoms with Gasteiger partial charge in [0.15, 0.2) is 0 Å². The van der Waals surface area contributed by atoms with Crippen LogP contribution < -0.4 is 10.6 Å². The molecule has 0 spiro atoms. The van der Waals surface area contributed by atoms with E-state index in [0.717, 1.165) is 12.2 Å². The molecule has 0 bridgehead atoms. The predicted molar refractivity (Wildman–Crippen MR) is 61.2 cm³/mol. The molecule has 0 rings (SSSR count). The van der Waals surface area contributed by atoms with Crippen LogP contribution in [0.2, 0.25) is 0 Å². The third kappa shape index (κ3) is 7.07. The van der Waals surface area contributed by atoms with E-state index in [1.54, 1.807) is 11.8 Å². The Labute approximate surface area is 94.0 Å². The van der Waals surface area contributed by atoms with Crippen molar-refractivity contribution >= 4 is 23.8 Å². The molecule has 0 aromatic heterocycles. The van der Waals surface area contributed by atoms with Crippen molar-refractivity contribution in [1.29, 1.82) is 0 Å². The van der Waals surface area contributed by atoms with Gasteiger partial charge in [-0.15, -0.1) is 0 Å². The Kier molecular flexibility index (Phi) is 7.89. The zero-order valence-electron chi connectivity index (χ0n) is 9.08. The first-order valence-corrected chi connectivity index (χ1v) is 6.27. The minimum atomic E-state index is -0.989. The van der Waals surface area contributed by atoms with Crippen LogP contribution in [0.3, 0.4) is 0 Å². The Hall–Kier alpha value is -0.910. The summed E-state index contributed by atoms with van der Waals surface area (Å²) in [5.74, 6) is -0.171. The topological polar surface area (TPSA) is 78.4 Å². The smallest absolute Gasteiger partial charge is 0.326 e. The molecule has 1 atom stereocenters. The van der Waals surface area contributed by atoms with E-state index in [-0.39, 0.29) is 0 Å². The molecule has 5 nitrogen and oxygen atoms in total. The van der Waals surface area contributed by atoms with Gasteiger partial charge >= 0.3 is 12.0 Å². The second-order valence-electron chi connectivity index (χ2n) is 3.07. The number of carbonyl (C=O) groups is 2. The summed E-state index contributed by atoms with van der Waals surface area (Å²) in [5.41, 5.74) is 0. The Morgan fingerprint density at radius 2 is 2.13 bits per heavy atom. The van der Waals surface area contributed by atoms with Crippen molar-refractivity contribution in [3.63, 3.8) is 0 Å². The molecule has 3 N–H and O–H groups in total. The maximum Gasteiger partial charge on any atom is 0.326 e. The lowest BCUT2D eigenvalue weighted by Crippen LogP contribution is -2.46. The molecule has 1 unspecified atom stereocenters. The van der Waals surface area contributed by atoms with Gasteiger partial charge in [-0.2, -0.15) is 11.8 Å². The highest BCUT2D eigenvalue weighted by molar-refractivity contribution is 7.98. The molecule has 6 heteroatoms. The molecule has 0 aliphatic heterocycles. The van der Waals surface area contributed by atoms with Gasteiger partial charge in [0.25, 0.3) is 0 Å². The summed E-state index contributed by atoms with van der Waals surface area (Å²) in [5, 5.41) is 13.8. The van der Waals surface area contributed by atoms with Gasteiger partial charge in [0, 0.05) is 12.3 Å². The molecule has 2 amide bonds. The van der Waals surface area contributed by atoms with E-state index in [1.165, 1.54) is 0 Å². The number of carboxylic acids is 1. The van der Waals surface area contributed by atoms with Crippen LogP contribution in [0, 0.1) is 0 Å². The highest BCUT2D eigenvalue weighted by atomic mass is 32.2. The van der Waals surface area contributed by atoms with Crippen LogP contribution in [0.15, 0.2) is 0 Å². The number of rotatable bonds is 7. The minimum Gasteiger partial charge on any atom is -0.480 e. The summed E-state index contributed by atoms with van der Waals surface area (Å²) in [4.78, 5) is 21.9. The van der Waals surface area contributed by atoms with Gasteiger partial charge in [0.05, 0.1) is 0 Å². The summed E-state index contributed by atoms with van der Waals surface area (Å²) >= 11 is 1.62. The predicted octanol–water partition coefficient (Wildman–Crippen LogP) is 0.902. The Bertz CT molecular complexity index is 212. The van der Waals surface area contributed by atoms with E-state index in [1.807, 2.05) is 13.2 Å². The number of amides is 2. The summed E-state index contributed by atoms with van der Waals surface area (Å²) in [6, 6.07) is -1.20. The highest BCUT2D eigenvalue weighted by Crippen LogP contribution is 1.96. The van der Waals surface area contributed by atoms with E-state index >= 15 is 0 Å². The molecule has 0 fully saturated rings. The van der Waals surface area contributed by atoms with Crippen molar-refractivity contribution in [2.24, 2.45) is 0 Å². The van der Waals surface area contributed by atoms with E-state index in [4.69, 9.17) is 5.11 Å². The summed E-state index contributed by atoms with van der Waals surface area (Å²) in [6.45, 7) is 2.43. The first-order valence-electron chi connectivity index (χ1n) is 4.88. The van der Waals surface area contributed by atoms with Crippen LogP contribution in [0.1, 0.15) is 19.8 Å². The van der Waals surface area contributed by atoms with Crippen molar-refractivity contribution in [3.8, 4) is 0 Å². The van der Waals surface area contributed by atoms with Crippen LogP contribution >= 0.6 is 11.8 Å². The van der Waals surface area contributed by atoms with Gasteiger partial charge in [-0.1, -0.05) is 13.3 Å². The van der Waals surface area contributed by atoms with Crippen LogP contribution in [0.5, 0.6) is 0 Å². The van der Waals surface area contributed by atoms with Gasteiger partial charge < -0.3 is 15.7 Å². The minimum absolute atomic E-state index is 0.412. The molecular formula is C9H18N2O3S. The Morgan fingerprint density at radius 1 is 1.47 bits per heavy atom. The van der Waals surface area contributed by atoms with Crippen LogP contribution in [-0.2, 0) is 4.79 Å². The zero-order valence-corrected chi connectivity index (χ0v) is 9.89. The zero-order chi connectivity index (χ0) is 11.7. The van der Waals surface area contributed by atoms with Gasteiger partial charge in [-0.25, -0.2) is 9.59 Å². The van der Waals surface area contributed by atoms with E-state index in [0.29, 0.717) is 13.0 Å². The number of hydrogen-bond donors (Lipinski definition) is 3. The molecular weight excluding hydrogens is 216 g/mol. The fourth-order valence-corrected chi connectivity index (χ4v) is 1.33. The molecule has 0 aromatic rings. The molecule has 0 aromatic carbocycles. The summed E-state index contributed by atoms with van der Waals surface area (Å²) in [6.07, 6.45) is 3.12. The average Bonchev–Trinajstić information content (AvgIpc) is 2.17. The lowest BCUT2D eigenvalue weighted by molar-refractivity contribution is -0.139. The quantitative estimate of drug-likeness (QED) is 0.572. The fraction of sp³-hybridized carbons (Fsp3) is 0.778. The van der Waals surface area contributed by atoms with Crippen molar-refractivity contribution in [2.45, 2.75) is 25.8 Å². The van der Waals surface area contributed by atoms with E-state index < -0.39 is 18.0 Å². The second-order valence-corrected chi connectivity index (χ2v) is 4.06. The monoisotopic (exact) mass is 234 g/mol. The molecule has 0 heterocycles. The van der Waals surface area contributed by atoms with Gasteiger partial charge in [0.1, 0.15) is 6.04 Å². The number of carboxylic acid groups (broad SMARTS) is 1. The maximum absolute atomic E-state index is 11.2. The number of thioether (sulfide) groups is 1. The SMILES string of the molecule is CCCC(NC(=O)NCCSC)C(=O)O. The van der Waals surface area contributed by atoms with Crippen LogP contribution in [-0.4, -0.2) is 41.7 Å². The normalized spacial score (nSPS) is 11.9. The van der Waals surface area contributed by atoms with Crippen molar-refractivity contribution in [3.05, 3.63) is 0 Å². The standard InChI is InChI=1S/C9H18N2O3S/c1-3-4-7(8(12)13)11-9(14)10-5-6-15-2/h7H,3-6H2,1-2H3,(H,12,13)(H2,10,11,14). The lowest BCUT2D eigenvalue weighted by atomic mass is 10.2. The second kappa shape index (κ2) is 8.40. The molecule has 0 saturated heterocycles. The first kappa shape index (κ1) is 14.1. The van der Waals surface area contributed by atoms with Crippen LogP contribution in [0.25, 0.3) is 0 Å². The molecule has 0 aliphatic rings. The van der Waals surface area contributed by atoms with Crippen molar-refractivity contribution < 1.29 is 14.7 Å². The van der Waals surface area contributed by atoms with E-state index in [2.05, 4.69) is 10.6 Å². The highest BCUT2D eigenvalue weighted by Gasteiger charge is 2.17. The fourth-order valence-electron chi connectivity index (χ4n) is 1.02. The largest absolute Gasteiger partial charge is 0.480 e. The summed E-state index contributed by atoms with van der Waals surface area (Å²) < 4.78 is 0. The van der Waals surface area contributed by atoms with Crippen molar-refractivity contribution in [2.75, 3.05) is 18.6 Å². The van der Waals surface area contributed by atoms with Crippen LogP contribution in [0.4, 0.5) is 4.79 Å². The Balaban J connectivity index is 3.84. The molecule has 0 radical (unpaired) electrons.